The molecule has 210 valence electrons. The number of hydrazone groups is 1. The van der Waals surface area contributed by atoms with Crippen molar-refractivity contribution in [3.8, 4) is 0 Å². The van der Waals surface area contributed by atoms with E-state index in [9.17, 15) is 18.0 Å². The molecule has 0 bridgehead atoms. The van der Waals surface area contributed by atoms with Gasteiger partial charge < -0.3 is 14.5 Å². The Morgan fingerprint density at radius 1 is 1.13 bits per heavy atom. The number of fused-ring (bicyclic) bond motifs is 2. The fraction of sp³-hybridized carbons (Fsp3) is 0.542. The minimum absolute atomic E-state index is 0.0303. The lowest BCUT2D eigenvalue weighted by Gasteiger charge is -2.42. The summed E-state index contributed by atoms with van der Waals surface area (Å²) in [7, 11) is -3.84. The van der Waals surface area contributed by atoms with Gasteiger partial charge in [0.15, 0.2) is 0 Å². The molecule has 4 aliphatic rings. The first-order chi connectivity index (χ1) is 18.8. The molecule has 2 aromatic rings. The first kappa shape index (κ1) is 27.2. The van der Waals surface area contributed by atoms with Crippen LogP contribution in [0.3, 0.4) is 0 Å². The first-order valence-corrected chi connectivity index (χ1v) is 16.5. The number of thioether (sulfide) groups is 1. The van der Waals surface area contributed by atoms with Gasteiger partial charge >= 0.3 is 6.03 Å². The summed E-state index contributed by atoms with van der Waals surface area (Å²) in [4.78, 5) is 30.3. The molecule has 39 heavy (non-hydrogen) atoms. The van der Waals surface area contributed by atoms with Crippen molar-refractivity contribution in [1.29, 1.82) is 0 Å². The van der Waals surface area contributed by atoms with Crippen molar-refractivity contribution in [2.75, 3.05) is 58.4 Å². The van der Waals surface area contributed by atoms with Crippen molar-refractivity contribution in [3.63, 3.8) is 0 Å². The molecule has 3 amide bonds. The standard InChI is InChI=1S/C24H29ClN6O5S3/c25-17-2-1-16-11-22(38-20(16)12-17)39(34,35)29-5-6-30(18(14-29)13-21(32)28-7-9-36-10-8-28)24(33)31-4-3-19-23(27-31)37-15-26-19/h1-2,11-12,18-19,26H,3-10,13-15H2. The number of benzene rings is 1. The summed E-state index contributed by atoms with van der Waals surface area (Å²) in [6.07, 6.45) is 0.794. The van der Waals surface area contributed by atoms with Crippen molar-refractivity contribution in [1.82, 2.24) is 24.4 Å². The number of urea groups is 1. The van der Waals surface area contributed by atoms with Gasteiger partial charge in [-0.15, -0.1) is 11.3 Å². The number of nitrogens with one attached hydrogen (secondary N) is 1. The number of thiophene rings is 1. The summed E-state index contributed by atoms with van der Waals surface area (Å²) in [5.74, 6) is 0.653. The second-order valence-corrected chi connectivity index (χ2v) is 14.5. The van der Waals surface area contributed by atoms with E-state index >= 15 is 0 Å². The van der Waals surface area contributed by atoms with E-state index in [1.165, 1.54) is 20.7 Å². The summed E-state index contributed by atoms with van der Waals surface area (Å²) < 4.78 is 35.2. The van der Waals surface area contributed by atoms with Crippen molar-refractivity contribution < 1.29 is 22.7 Å². The average Bonchev–Trinajstić information content (AvgIpc) is 3.60. The Kier molecular flexibility index (Phi) is 7.79. The van der Waals surface area contributed by atoms with Crippen LogP contribution in [0.2, 0.25) is 5.02 Å². The van der Waals surface area contributed by atoms with Crippen LogP contribution in [0.5, 0.6) is 0 Å². The van der Waals surface area contributed by atoms with E-state index in [0.717, 1.165) is 27.4 Å². The zero-order chi connectivity index (χ0) is 27.1. The van der Waals surface area contributed by atoms with Gasteiger partial charge in [-0.25, -0.2) is 18.2 Å². The zero-order valence-electron chi connectivity index (χ0n) is 21.1. The molecule has 1 aromatic heterocycles. The Labute approximate surface area is 240 Å². The number of hydrogen-bond acceptors (Lipinski definition) is 9. The lowest BCUT2D eigenvalue weighted by Crippen LogP contribution is -2.60. The summed E-state index contributed by atoms with van der Waals surface area (Å²) >= 11 is 8.87. The number of sulfonamides is 1. The SMILES string of the molecule is O=C(CC1CN(S(=O)(=O)c2cc3ccc(Cl)cc3s2)CCN1C(=O)N1CCC2NCSC2=N1)N1CCOCC1. The minimum Gasteiger partial charge on any atom is -0.378 e. The van der Waals surface area contributed by atoms with Crippen LogP contribution in [-0.4, -0.2) is 115 Å². The van der Waals surface area contributed by atoms with Gasteiger partial charge in [0.05, 0.1) is 25.3 Å². The number of rotatable bonds is 4. The maximum absolute atomic E-state index is 13.7. The lowest BCUT2D eigenvalue weighted by atomic mass is 10.1. The predicted molar refractivity (Wildman–Crippen MR) is 152 cm³/mol. The van der Waals surface area contributed by atoms with E-state index in [1.54, 1.807) is 45.8 Å². The quantitative estimate of drug-likeness (QED) is 0.563. The van der Waals surface area contributed by atoms with E-state index in [-0.39, 0.29) is 48.2 Å². The Bertz CT molecular complexity index is 1410. The Morgan fingerprint density at radius 3 is 2.77 bits per heavy atom. The van der Waals surface area contributed by atoms with Gasteiger partial charge in [-0.2, -0.15) is 9.41 Å². The maximum atomic E-state index is 13.7. The third-order valence-corrected chi connectivity index (χ3v) is 12.1. The predicted octanol–water partition coefficient (Wildman–Crippen LogP) is 2.28. The van der Waals surface area contributed by atoms with Gasteiger partial charge in [0.25, 0.3) is 10.0 Å². The van der Waals surface area contributed by atoms with Gasteiger partial charge in [0.2, 0.25) is 5.91 Å². The van der Waals surface area contributed by atoms with E-state index < -0.39 is 16.1 Å². The third kappa shape index (κ3) is 5.52. The number of morpholine rings is 1. The number of ether oxygens (including phenoxy) is 1. The number of halogens is 1. The van der Waals surface area contributed by atoms with Crippen molar-refractivity contribution in [2.45, 2.75) is 29.1 Å². The topological polar surface area (TPSA) is 115 Å². The largest absolute Gasteiger partial charge is 0.378 e. The molecule has 4 aliphatic heterocycles. The molecule has 2 atom stereocenters. The molecule has 6 rings (SSSR count). The van der Waals surface area contributed by atoms with Crippen molar-refractivity contribution in [2.24, 2.45) is 5.10 Å². The lowest BCUT2D eigenvalue weighted by molar-refractivity contribution is -0.136. The van der Waals surface area contributed by atoms with Gasteiger partial charge in [-0.1, -0.05) is 29.4 Å². The maximum Gasteiger partial charge on any atom is 0.340 e. The molecule has 1 aromatic carbocycles. The number of nitrogens with zero attached hydrogens (tertiary/aromatic N) is 5. The smallest absolute Gasteiger partial charge is 0.340 e. The van der Waals surface area contributed by atoms with Gasteiger partial charge in [0, 0.05) is 61.3 Å². The molecule has 0 saturated carbocycles. The van der Waals surface area contributed by atoms with Crippen LogP contribution in [0, 0.1) is 0 Å². The molecule has 11 nitrogen and oxygen atoms in total. The summed E-state index contributed by atoms with van der Waals surface area (Å²) in [6, 6.07) is 6.21. The second-order valence-electron chi connectivity index (χ2n) is 9.83. The minimum atomic E-state index is -3.84. The van der Waals surface area contributed by atoms with E-state index in [0.29, 0.717) is 37.9 Å². The van der Waals surface area contributed by atoms with Crippen LogP contribution in [-0.2, 0) is 19.6 Å². The van der Waals surface area contributed by atoms with Gasteiger partial charge in [-0.05, 0) is 30.0 Å². The fourth-order valence-electron chi connectivity index (χ4n) is 5.29. The number of carbonyl (C=O) groups excluding carboxylic acids is 2. The van der Waals surface area contributed by atoms with Crippen LogP contribution in [0.25, 0.3) is 10.1 Å². The molecule has 2 unspecified atom stereocenters. The molecule has 3 fully saturated rings. The van der Waals surface area contributed by atoms with Crippen molar-refractivity contribution >= 4 is 71.8 Å². The molecule has 0 aliphatic carbocycles. The van der Waals surface area contributed by atoms with Crippen LogP contribution in [0.1, 0.15) is 12.8 Å². The first-order valence-electron chi connectivity index (χ1n) is 12.9. The Balaban J connectivity index is 1.25. The molecule has 0 spiro atoms. The molecule has 15 heteroatoms. The van der Waals surface area contributed by atoms with Crippen LogP contribution in [0.4, 0.5) is 4.79 Å². The van der Waals surface area contributed by atoms with Crippen molar-refractivity contribution in [3.05, 3.63) is 29.3 Å². The molecular formula is C24H29ClN6O5S3. The summed E-state index contributed by atoms with van der Waals surface area (Å²) in [6.45, 7) is 2.70. The highest BCUT2D eigenvalue weighted by Crippen LogP contribution is 2.34. The van der Waals surface area contributed by atoms with Crippen LogP contribution >= 0.6 is 34.7 Å². The second kappa shape index (κ2) is 11.1. The molecule has 0 radical (unpaired) electrons. The van der Waals surface area contributed by atoms with E-state index in [2.05, 4.69) is 10.4 Å². The zero-order valence-corrected chi connectivity index (χ0v) is 24.3. The van der Waals surface area contributed by atoms with Crippen LogP contribution < -0.4 is 5.32 Å². The highest BCUT2D eigenvalue weighted by atomic mass is 35.5. The number of hydrogen-bond donors (Lipinski definition) is 1. The third-order valence-electron chi connectivity index (χ3n) is 7.44. The number of amides is 3. The molecule has 1 N–H and O–H groups in total. The summed E-state index contributed by atoms with van der Waals surface area (Å²) in [5.41, 5.74) is 0. The Morgan fingerprint density at radius 2 is 1.95 bits per heavy atom. The number of carbonyl (C=O) groups is 2. The van der Waals surface area contributed by atoms with Gasteiger partial charge in [0.1, 0.15) is 9.25 Å². The normalized spacial score (nSPS) is 24.6. The highest BCUT2D eigenvalue weighted by Gasteiger charge is 2.41. The van der Waals surface area contributed by atoms with Gasteiger partial charge in [-0.3, -0.25) is 10.1 Å². The monoisotopic (exact) mass is 612 g/mol. The van der Waals surface area contributed by atoms with E-state index in [4.69, 9.17) is 16.3 Å². The molecule has 5 heterocycles. The average molecular weight is 613 g/mol. The fourth-order valence-corrected chi connectivity index (χ4v) is 9.57. The highest BCUT2D eigenvalue weighted by molar-refractivity contribution is 8.14. The summed E-state index contributed by atoms with van der Waals surface area (Å²) in [5, 5.41) is 11.6. The molecule has 3 saturated heterocycles. The number of piperazine rings is 1. The Hall–Kier alpha value is -1.94. The van der Waals surface area contributed by atoms with Crippen LogP contribution in [0.15, 0.2) is 33.6 Å². The van der Waals surface area contributed by atoms with E-state index in [1.807, 2.05) is 0 Å². The molecular weight excluding hydrogens is 584 g/mol.